The molecule has 0 saturated carbocycles. The summed E-state index contributed by atoms with van der Waals surface area (Å²) in [6.45, 7) is 4.80. The Bertz CT molecular complexity index is 979. The molecular weight excluding hydrogens is 527 g/mol. The fourth-order valence-corrected chi connectivity index (χ4v) is 18.1. The third-order valence-corrected chi connectivity index (χ3v) is 17.7. The zero-order chi connectivity index (χ0) is 26.1. The Morgan fingerprint density at radius 2 is 0.886 bits per heavy atom. The van der Waals surface area contributed by atoms with Crippen LogP contribution in [0, 0.1) is 5.41 Å². The van der Waals surface area contributed by atoms with Crippen LogP contribution in [0.15, 0.2) is 91.0 Å². The number of alkyl halides is 6. The second-order valence-electron chi connectivity index (χ2n) is 9.99. The standard InChI is InChI=1S/C27H28F6GeO/c1-24(2,3)19-23(25(35,26(28,29)30)27(31,32)33)34(20-13-7-4-8-14-20,21-15-9-5-10-16-21)22-17-11-6-12-18-22/h4-18,23,35H,19H2,1-3H3. The maximum absolute atomic E-state index is 14.6. The summed E-state index contributed by atoms with van der Waals surface area (Å²) in [6, 6.07) is 24.3. The topological polar surface area (TPSA) is 20.2 Å². The van der Waals surface area contributed by atoms with Crippen molar-refractivity contribution in [1.82, 2.24) is 0 Å². The molecule has 0 bridgehead atoms. The van der Waals surface area contributed by atoms with Gasteiger partial charge in [-0.05, 0) is 0 Å². The van der Waals surface area contributed by atoms with Gasteiger partial charge in [0.2, 0.25) is 0 Å². The average Bonchev–Trinajstić information content (AvgIpc) is 2.78. The van der Waals surface area contributed by atoms with Crippen LogP contribution in [-0.2, 0) is 0 Å². The molecule has 1 nitrogen and oxygen atoms in total. The molecule has 0 radical (unpaired) electrons. The van der Waals surface area contributed by atoms with Crippen LogP contribution in [0.2, 0.25) is 4.75 Å². The monoisotopic (exact) mass is 556 g/mol. The Kier molecular flexibility index (Phi) is 7.54. The first-order valence-electron chi connectivity index (χ1n) is 11.2. The van der Waals surface area contributed by atoms with E-state index in [1.54, 1.807) is 112 Å². The minimum atomic E-state index is -5.95. The molecule has 3 aromatic carbocycles. The Hall–Kier alpha value is -2.26. The molecule has 188 valence electrons. The van der Waals surface area contributed by atoms with E-state index >= 15 is 0 Å². The van der Waals surface area contributed by atoms with E-state index in [-0.39, 0.29) is 0 Å². The van der Waals surface area contributed by atoms with Crippen molar-refractivity contribution in [3.8, 4) is 0 Å². The first kappa shape index (κ1) is 27.3. The van der Waals surface area contributed by atoms with E-state index < -0.39 is 47.8 Å². The van der Waals surface area contributed by atoms with Crippen LogP contribution in [-0.4, -0.2) is 36.3 Å². The molecule has 3 aromatic rings. The number of hydrogen-bond acceptors (Lipinski definition) is 1. The van der Waals surface area contributed by atoms with Gasteiger partial charge in [-0.2, -0.15) is 0 Å². The fraction of sp³-hybridized carbons (Fsp3) is 0.333. The van der Waals surface area contributed by atoms with E-state index in [4.69, 9.17) is 0 Å². The van der Waals surface area contributed by atoms with Crippen LogP contribution in [0.1, 0.15) is 27.2 Å². The van der Waals surface area contributed by atoms with Gasteiger partial charge in [0.25, 0.3) is 0 Å². The van der Waals surface area contributed by atoms with Gasteiger partial charge in [-0.3, -0.25) is 0 Å². The molecule has 0 aliphatic heterocycles. The number of halogens is 6. The second kappa shape index (κ2) is 9.66. The van der Waals surface area contributed by atoms with Gasteiger partial charge in [0, 0.05) is 0 Å². The molecule has 3 rings (SSSR count). The van der Waals surface area contributed by atoms with E-state index in [0.717, 1.165) is 0 Å². The van der Waals surface area contributed by atoms with Crippen LogP contribution in [0.4, 0.5) is 26.3 Å². The van der Waals surface area contributed by atoms with E-state index in [9.17, 15) is 31.4 Å². The van der Waals surface area contributed by atoms with Crippen molar-refractivity contribution < 1.29 is 31.4 Å². The van der Waals surface area contributed by atoms with Crippen LogP contribution in [0.5, 0.6) is 0 Å². The molecule has 1 unspecified atom stereocenters. The quantitative estimate of drug-likeness (QED) is 0.301. The third kappa shape index (κ3) is 5.03. The predicted molar refractivity (Wildman–Crippen MR) is 129 cm³/mol. The van der Waals surface area contributed by atoms with Crippen molar-refractivity contribution >= 4 is 26.5 Å². The zero-order valence-corrected chi connectivity index (χ0v) is 21.8. The molecule has 0 aliphatic carbocycles. The fourth-order valence-electron chi connectivity index (χ4n) is 4.99. The Balaban J connectivity index is 2.61. The van der Waals surface area contributed by atoms with Gasteiger partial charge in [-0.1, -0.05) is 0 Å². The molecule has 35 heavy (non-hydrogen) atoms. The van der Waals surface area contributed by atoms with Gasteiger partial charge >= 0.3 is 204 Å². The summed E-state index contributed by atoms with van der Waals surface area (Å²) in [6.07, 6.45) is -12.4. The van der Waals surface area contributed by atoms with Gasteiger partial charge < -0.3 is 0 Å². The van der Waals surface area contributed by atoms with Crippen LogP contribution >= 0.6 is 0 Å². The summed E-state index contributed by atoms with van der Waals surface area (Å²) in [5, 5.41) is 11.0. The van der Waals surface area contributed by atoms with Crippen molar-refractivity contribution in [1.29, 1.82) is 0 Å². The van der Waals surface area contributed by atoms with Crippen molar-refractivity contribution in [2.24, 2.45) is 5.41 Å². The number of aliphatic hydroxyl groups is 1. The zero-order valence-electron chi connectivity index (χ0n) is 19.7. The number of hydrogen-bond donors (Lipinski definition) is 1. The normalized spacial score (nSPS) is 14.6. The summed E-state index contributed by atoms with van der Waals surface area (Å²) >= 11 is -4.98. The average molecular weight is 555 g/mol. The number of rotatable bonds is 6. The van der Waals surface area contributed by atoms with Crippen molar-refractivity contribution in [2.45, 2.75) is 49.9 Å². The van der Waals surface area contributed by atoms with E-state index in [1.807, 2.05) is 0 Å². The molecule has 0 amide bonds. The molecule has 0 saturated heterocycles. The molecular formula is C27H28F6GeO. The number of benzene rings is 3. The van der Waals surface area contributed by atoms with Gasteiger partial charge in [0.05, 0.1) is 0 Å². The summed E-state index contributed by atoms with van der Waals surface area (Å²) in [7, 11) is 0. The SMILES string of the molecule is CC(C)(C)C[CH](C(O)(C(F)(F)F)C(F)(F)F)[Ge]([c]1ccccc1)([c]1ccccc1)[c]1ccccc1. The molecule has 0 aliphatic rings. The molecule has 1 N–H and O–H groups in total. The van der Waals surface area contributed by atoms with Crippen molar-refractivity contribution in [3.63, 3.8) is 0 Å². The van der Waals surface area contributed by atoms with Gasteiger partial charge in [-0.15, -0.1) is 0 Å². The Morgan fingerprint density at radius 1 is 0.600 bits per heavy atom. The maximum atomic E-state index is 14.6. The van der Waals surface area contributed by atoms with Gasteiger partial charge in [0.1, 0.15) is 0 Å². The first-order chi connectivity index (χ1) is 16.2. The summed E-state index contributed by atoms with van der Waals surface area (Å²) in [5.74, 6) is 0. The first-order valence-corrected chi connectivity index (χ1v) is 15.5. The van der Waals surface area contributed by atoms with Crippen LogP contribution in [0.25, 0.3) is 0 Å². The predicted octanol–water partition coefficient (Wildman–Crippen LogP) is 5.82. The van der Waals surface area contributed by atoms with Crippen molar-refractivity contribution in [2.75, 3.05) is 0 Å². The van der Waals surface area contributed by atoms with E-state index in [2.05, 4.69) is 0 Å². The molecule has 0 heterocycles. The Morgan fingerprint density at radius 3 is 1.11 bits per heavy atom. The minimum absolute atomic E-state index is 0.408. The summed E-state index contributed by atoms with van der Waals surface area (Å²) < 4.78 is 86.4. The summed E-state index contributed by atoms with van der Waals surface area (Å²) in [4.78, 5) is 0. The molecule has 0 spiro atoms. The Labute approximate surface area is 204 Å². The van der Waals surface area contributed by atoms with Gasteiger partial charge in [-0.25, -0.2) is 0 Å². The van der Waals surface area contributed by atoms with Crippen molar-refractivity contribution in [3.05, 3.63) is 91.0 Å². The molecule has 0 aromatic heterocycles. The van der Waals surface area contributed by atoms with Crippen LogP contribution < -0.4 is 13.2 Å². The van der Waals surface area contributed by atoms with Gasteiger partial charge in [0.15, 0.2) is 0 Å². The molecule has 8 heteroatoms. The van der Waals surface area contributed by atoms with E-state index in [1.165, 1.54) is 0 Å². The second-order valence-corrected chi connectivity index (χ2v) is 18.5. The third-order valence-electron chi connectivity index (χ3n) is 6.40. The van der Waals surface area contributed by atoms with E-state index in [0.29, 0.717) is 13.2 Å². The molecule has 1 atom stereocenters. The van der Waals surface area contributed by atoms with Crippen LogP contribution in [0.3, 0.4) is 0 Å². The molecule has 0 fully saturated rings. The summed E-state index contributed by atoms with van der Waals surface area (Å²) in [5.41, 5.74) is -5.88.